The van der Waals surface area contributed by atoms with Gasteiger partial charge in [0, 0.05) is 17.7 Å². The zero-order chi connectivity index (χ0) is 15.0. The fourth-order valence-electron chi connectivity index (χ4n) is 1.98. The molecule has 3 N–H and O–H groups in total. The maximum atomic E-state index is 12.8. The number of hydrogen-bond acceptors (Lipinski definition) is 4. The molecule has 7 heteroatoms. The van der Waals surface area contributed by atoms with Crippen molar-refractivity contribution in [3.8, 4) is 11.3 Å². The van der Waals surface area contributed by atoms with E-state index >= 15 is 0 Å². The molecule has 1 aromatic carbocycles. The summed E-state index contributed by atoms with van der Waals surface area (Å²) < 4.78 is 38.3. The smallest absolute Gasteiger partial charge is 0.368 e. The second-order valence-electron chi connectivity index (χ2n) is 4.99. The van der Waals surface area contributed by atoms with Crippen LogP contribution in [0, 0.1) is 0 Å². The Bertz CT molecular complexity index is 666. The van der Waals surface area contributed by atoms with Crippen molar-refractivity contribution in [2.45, 2.75) is 25.1 Å². The molecule has 110 valence electrons. The van der Waals surface area contributed by atoms with Crippen molar-refractivity contribution in [3.05, 3.63) is 35.9 Å². The molecule has 0 radical (unpaired) electrons. The van der Waals surface area contributed by atoms with Crippen LogP contribution in [-0.2, 0) is 6.18 Å². The van der Waals surface area contributed by atoms with Crippen LogP contribution >= 0.6 is 0 Å². The summed E-state index contributed by atoms with van der Waals surface area (Å²) in [5.41, 5.74) is 5.65. The van der Waals surface area contributed by atoms with Crippen LogP contribution in [0.1, 0.15) is 18.4 Å². The van der Waals surface area contributed by atoms with E-state index in [1.165, 1.54) is 6.07 Å². The van der Waals surface area contributed by atoms with Gasteiger partial charge in [-0.3, -0.25) is 0 Å². The Kier molecular flexibility index (Phi) is 3.19. The molecular weight excluding hydrogens is 281 g/mol. The second kappa shape index (κ2) is 4.91. The topological polar surface area (TPSA) is 63.8 Å². The highest BCUT2D eigenvalue weighted by Gasteiger charge is 2.30. The number of aromatic nitrogens is 2. The summed E-state index contributed by atoms with van der Waals surface area (Å²) in [6.07, 6.45) is -2.27. The largest absolute Gasteiger partial charge is 0.416 e. The molecule has 0 amide bonds. The predicted molar refractivity (Wildman–Crippen MR) is 73.5 cm³/mol. The van der Waals surface area contributed by atoms with Crippen LogP contribution in [0.3, 0.4) is 0 Å². The predicted octanol–water partition coefficient (Wildman–Crippen LogP) is 3.32. The highest BCUT2D eigenvalue weighted by Crippen LogP contribution is 2.32. The van der Waals surface area contributed by atoms with Crippen molar-refractivity contribution >= 4 is 11.8 Å². The van der Waals surface area contributed by atoms with Crippen molar-refractivity contribution in [1.29, 1.82) is 0 Å². The highest BCUT2D eigenvalue weighted by atomic mass is 19.4. The molecule has 4 nitrogen and oxygen atoms in total. The molecule has 21 heavy (non-hydrogen) atoms. The lowest BCUT2D eigenvalue weighted by Crippen LogP contribution is -2.07. The van der Waals surface area contributed by atoms with Crippen LogP contribution in [0.25, 0.3) is 11.3 Å². The number of nitrogens with zero attached hydrogens (tertiary/aromatic N) is 2. The third-order valence-corrected chi connectivity index (χ3v) is 3.16. The van der Waals surface area contributed by atoms with Gasteiger partial charge < -0.3 is 11.1 Å². The number of nitrogens with two attached hydrogens (primary N) is 1. The second-order valence-corrected chi connectivity index (χ2v) is 4.99. The quantitative estimate of drug-likeness (QED) is 0.911. The van der Waals surface area contributed by atoms with Crippen LogP contribution in [0.2, 0.25) is 0 Å². The minimum absolute atomic E-state index is 0.0352. The van der Waals surface area contributed by atoms with E-state index in [4.69, 9.17) is 5.73 Å². The molecule has 1 aliphatic carbocycles. The Balaban J connectivity index is 1.97. The summed E-state index contributed by atoms with van der Waals surface area (Å²) in [5, 5.41) is 3.16. The Morgan fingerprint density at radius 1 is 1.14 bits per heavy atom. The summed E-state index contributed by atoms with van der Waals surface area (Å²) in [5.74, 6) is 0.575. The van der Waals surface area contributed by atoms with Gasteiger partial charge in [-0.2, -0.15) is 18.2 Å². The van der Waals surface area contributed by atoms with Crippen molar-refractivity contribution in [1.82, 2.24) is 9.97 Å². The molecule has 3 rings (SSSR count). The molecule has 1 saturated carbocycles. The first-order valence-electron chi connectivity index (χ1n) is 6.50. The zero-order valence-corrected chi connectivity index (χ0v) is 11.0. The first-order valence-corrected chi connectivity index (χ1v) is 6.50. The van der Waals surface area contributed by atoms with E-state index in [1.54, 1.807) is 12.1 Å². The number of anilines is 2. The minimum atomic E-state index is -4.39. The lowest BCUT2D eigenvalue weighted by atomic mass is 10.1. The van der Waals surface area contributed by atoms with Crippen molar-refractivity contribution in [2.24, 2.45) is 0 Å². The maximum absolute atomic E-state index is 12.8. The third kappa shape index (κ3) is 3.24. The number of hydrogen-bond donors (Lipinski definition) is 2. The van der Waals surface area contributed by atoms with E-state index in [2.05, 4.69) is 15.3 Å². The van der Waals surface area contributed by atoms with Crippen LogP contribution in [-0.4, -0.2) is 16.0 Å². The Morgan fingerprint density at radius 3 is 2.57 bits per heavy atom. The van der Waals surface area contributed by atoms with Gasteiger partial charge in [0.15, 0.2) is 0 Å². The van der Waals surface area contributed by atoms with E-state index in [9.17, 15) is 13.2 Å². The van der Waals surface area contributed by atoms with Gasteiger partial charge in [0.05, 0.1) is 11.3 Å². The van der Waals surface area contributed by atoms with Crippen LogP contribution in [0.4, 0.5) is 24.9 Å². The first kappa shape index (κ1) is 13.7. The molecule has 0 atom stereocenters. The molecular formula is C14H13F3N4. The molecule has 2 aromatic rings. The lowest BCUT2D eigenvalue weighted by molar-refractivity contribution is -0.137. The van der Waals surface area contributed by atoms with E-state index in [0.717, 1.165) is 25.0 Å². The van der Waals surface area contributed by atoms with Crippen LogP contribution in [0.15, 0.2) is 30.3 Å². The van der Waals surface area contributed by atoms with Crippen LogP contribution in [0.5, 0.6) is 0 Å². The number of halogens is 3. The highest BCUT2D eigenvalue weighted by molar-refractivity contribution is 5.65. The molecule has 0 unspecified atom stereocenters. The van der Waals surface area contributed by atoms with Gasteiger partial charge in [-0.25, -0.2) is 4.98 Å². The van der Waals surface area contributed by atoms with Gasteiger partial charge in [-0.1, -0.05) is 12.1 Å². The summed E-state index contributed by atoms with van der Waals surface area (Å²) in [7, 11) is 0. The van der Waals surface area contributed by atoms with Gasteiger partial charge in [-0.05, 0) is 25.0 Å². The SMILES string of the molecule is Nc1nc(NC2CC2)cc(-c2cccc(C(F)(F)F)c2)n1. The molecule has 0 aliphatic heterocycles. The first-order chi connectivity index (χ1) is 9.91. The molecule has 1 aliphatic rings. The maximum Gasteiger partial charge on any atom is 0.416 e. The van der Waals surface area contributed by atoms with E-state index < -0.39 is 11.7 Å². The van der Waals surface area contributed by atoms with Gasteiger partial charge in [0.2, 0.25) is 5.95 Å². The molecule has 1 heterocycles. The molecule has 1 fully saturated rings. The number of benzene rings is 1. The fourth-order valence-corrected chi connectivity index (χ4v) is 1.98. The van der Waals surface area contributed by atoms with Gasteiger partial charge >= 0.3 is 6.18 Å². The monoisotopic (exact) mass is 294 g/mol. The fraction of sp³-hybridized carbons (Fsp3) is 0.286. The summed E-state index contributed by atoms with van der Waals surface area (Å²) >= 11 is 0. The number of nitrogen functional groups attached to an aromatic ring is 1. The van der Waals surface area contributed by atoms with E-state index in [0.29, 0.717) is 23.1 Å². The Labute approximate surface area is 119 Å². The van der Waals surface area contributed by atoms with Crippen molar-refractivity contribution < 1.29 is 13.2 Å². The number of nitrogens with one attached hydrogen (secondary N) is 1. The van der Waals surface area contributed by atoms with Crippen molar-refractivity contribution in [2.75, 3.05) is 11.1 Å². The summed E-state index contributed by atoms with van der Waals surface area (Å²) in [6.45, 7) is 0. The molecule has 1 aromatic heterocycles. The summed E-state index contributed by atoms with van der Waals surface area (Å²) in [4.78, 5) is 8.06. The van der Waals surface area contributed by atoms with E-state index in [1.807, 2.05) is 0 Å². The standard InChI is InChI=1S/C14H13F3N4/c15-14(16,17)9-3-1-2-8(6-9)11-7-12(19-10-4-5-10)21-13(18)20-11/h1-3,6-7,10H,4-5H2,(H3,18,19,20,21). The van der Waals surface area contributed by atoms with Gasteiger partial charge in [-0.15, -0.1) is 0 Å². The lowest BCUT2D eigenvalue weighted by Gasteiger charge is -2.10. The van der Waals surface area contributed by atoms with Crippen molar-refractivity contribution in [3.63, 3.8) is 0 Å². The Morgan fingerprint density at radius 2 is 1.90 bits per heavy atom. The van der Waals surface area contributed by atoms with E-state index in [-0.39, 0.29) is 5.95 Å². The number of rotatable bonds is 3. The molecule has 0 saturated heterocycles. The normalized spacial score (nSPS) is 15.0. The van der Waals surface area contributed by atoms with Gasteiger partial charge in [0.25, 0.3) is 0 Å². The summed E-state index contributed by atoms with van der Waals surface area (Å²) in [6, 6.07) is 6.99. The number of alkyl halides is 3. The zero-order valence-electron chi connectivity index (χ0n) is 11.0. The average molecular weight is 294 g/mol. The molecule has 0 bridgehead atoms. The minimum Gasteiger partial charge on any atom is -0.368 e. The van der Waals surface area contributed by atoms with Crippen LogP contribution < -0.4 is 11.1 Å². The molecule has 0 spiro atoms. The van der Waals surface area contributed by atoms with Gasteiger partial charge in [0.1, 0.15) is 5.82 Å². The average Bonchev–Trinajstić information content (AvgIpc) is 3.21. The Hall–Kier alpha value is -2.31. The third-order valence-electron chi connectivity index (χ3n) is 3.16.